The molecule has 0 bridgehead atoms. The molecule has 0 nitrogen and oxygen atoms in total. The maximum atomic E-state index is 6.05. The molecule has 112 valence electrons. The minimum Gasteiger partial charge on any atom is -0.0784 e. The zero-order chi connectivity index (χ0) is 15.7. The van der Waals surface area contributed by atoms with Crippen molar-refractivity contribution in [2.45, 2.75) is 14.0 Å². The van der Waals surface area contributed by atoms with Crippen LogP contribution in [0.2, 0.25) is 0 Å². The van der Waals surface area contributed by atoms with E-state index in [1.807, 2.05) is 30.3 Å². The first kappa shape index (κ1) is 17.5. The summed E-state index contributed by atoms with van der Waals surface area (Å²) >= 11 is 36.3. The Morgan fingerprint density at radius 1 is 0.619 bits per heavy atom. The largest absolute Gasteiger partial charge is 0.216 e. The topological polar surface area (TPSA) is 0 Å². The van der Waals surface area contributed by atoms with E-state index in [2.05, 4.69) is 0 Å². The van der Waals surface area contributed by atoms with E-state index >= 15 is 0 Å². The molecule has 0 fully saturated rings. The molecular formula is C15H10Cl6. The fourth-order valence-corrected chi connectivity index (χ4v) is 3.17. The van der Waals surface area contributed by atoms with E-state index in [-0.39, 0.29) is 0 Å². The van der Waals surface area contributed by atoms with E-state index in [4.69, 9.17) is 69.6 Å². The SMILES string of the molecule is ClC(Cl)(Cl)c1cccc(C(Cl)(Cl)Cl)c1Cc1ccccc1. The molecule has 0 atom stereocenters. The predicted molar refractivity (Wildman–Crippen MR) is 94.2 cm³/mol. The Morgan fingerprint density at radius 3 is 1.52 bits per heavy atom. The van der Waals surface area contributed by atoms with Gasteiger partial charge < -0.3 is 0 Å². The van der Waals surface area contributed by atoms with E-state index in [0.29, 0.717) is 23.1 Å². The van der Waals surface area contributed by atoms with Crippen LogP contribution in [0.25, 0.3) is 0 Å². The van der Waals surface area contributed by atoms with Gasteiger partial charge in [-0.25, -0.2) is 0 Å². The average molecular weight is 403 g/mol. The Labute approximate surface area is 153 Å². The minimum absolute atomic E-state index is 0.508. The van der Waals surface area contributed by atoms with E-state index in [1.54, 1.807) is 18.2 Å². The van der Waals surface area contributed by atoms with E-state index < -0.39 is 7.59 Å². The van der Waals surface area contributed by atoms with Crippen molar-refractivity contribution in [3.8, 4) is 0 Å². The molecule has 0 aromatic heterocycles. The van der Waals surface area contributed by atoms with Crippen molar-refractivity contribution in [1.29, 1.82) is 0 Å². The van der Waals surface area contributed by atoms with Gasteiger partial charge in [0.05, 0.1) is 0 Å². The third-order valence-corrected chi connectivity index (χ3v) is 4.23. The fourth-order valence-electron chi connectivity index (χ4n) is 2.11. The molecule has 0 heterocycles. The number of benzene rings is 2. The van der Waals surface area contributed by atoms with Crippen LogP contribution in [-0.4, -0.2) is 0 Å². The molecule has 6 heteroatoms. The highest BCUT2D eigenvalue weighted by Crippen LogP contribution is 2.46. The molecule has 2 aromatic carbocycles. The predicted octanol–water partition coefficient (Wildman–Crippen LogP) is 6.93. The van der Waals surface area contributed by atoms with Crippen molar-refractivity contribution < 1.29 is 0 Å². The number of hydrogen-bond donors (Lipinski definition) is 0. The molecule has 0 spiro atoms. The summed E-state index contributed by atoms with van der Waals surface area (Å²) in [5.41, 5.74) is 2.78. The van der Waals surface area contributed by atoms with Crippen LogP contribution in [0.5, 0.6) is 0 Å². The van der Waals surface area contributed by atoms with Gasteiger partial charge in [-0.2, -0.15) is 0 Å². The lowest BCUT2D eigenvalue weighted by atomic mass is 9.95. The molecule has 2 aromatic rings. The third-order valence-electron chi connectivity index (χ3n) is 3.01. The van der Waals surface area contributed by atoms with E-state index in [0.717, 1.165) is 5.56 Å². The van der Waals surface area contributed by atoms with Gasteiger partial charge in [-0.05, 0) is 17.5 Å². The number of hydrogen-bond acceptors (Lipinski definition) is 0. The molecule has 0 saturated carbocycles. The smallest absolute Gasteiger partial charge is 0.0784 e. The fraction of sp³-hybridized carbons (Fsp3) is 0.200. The van der Waals surface area contributed by atoms with Gasteiger partial charge in [-0.1, -0.05) is 118 Å². The Hall–Kier alpha value is 0.180. The highest BCUT2D eigenvalue weighted by Gasteiger charge is 2.33. The molecule has 0 amide bonds. The second-order valence-corrected chi connectivity index (χ2v) is 9.05. The first-order valence-electron chi connectivity index (χ1n) is 6.00. The van der Waals surface area contributed by atoms with Crippen LogP contribution >= 0.6 is 69.6 Å². The highest BCUT2D eigenvalue weighted by molar-refractivity contribution is 6.67. The lowest BCUT2D eigenvalue weighted by molar-refractivity contribution is 1.04. The van der Waals surface area contributed by atoms with Gasteiger partial charge in [0, 0.05) is 11.1 Å². The molecule has 0 radical (unpaired) electrons. The highest BCUT2D eigenvalue weighted by atomic mass is 35.6. The summed E-state index contributed by atoms with van der Waals surface area (Å²) in [6, 6.07) is 14.9. The second-order valence-electron chi connectivity index (χ2n) is 4.49. The van der Waals surface area contributed by atoms with Crippen molar-refractivity contribution in [2.75, 3.05) is 0 Å². The molecule has 0 saturated heterocycles. The quantitative estimate of drug-likeness (QED) is 0.477. The normalized spacial score (nSPS) is 12.5. The van der Waals surface area contributed by atoms with E-state index in [9.17, 15) is 0 Å². The molecule has 21 heavy (non-hydrogen) atoms. The first-order chi connectivity index (χ1) is 9.69. The number of rotatable bonds is 2. The zero-order valence-electron chi connectivity index (χ0n) is 10.6. The third kappa shape index (κ3) is 4.58. The summed E-state index contributed by atoms with van der Waals surface area (Å²) < 4.78 is -3.17. The Balaban J connectivity index is 2.59. The maximum absolute atomic E-state index is 6.05. The Bertz CT molecular complexity index is 578. The van der Waals surface area contributed by atoms with Crippen LogP contribution in [-0.2, 0) is 14.0 Å². The summed E-state index contributed by atoms with van der Waals surface area (Å²) in [4.78, 5) is 0. The molecule has 2 rings (SSSR count). The monoisotopic (exact) mass is 400 g/mol. The molecule has 0 N–H and O–H groups in total. The van der Waals surface area contributed by atoms with Crippen molar-refractivity contribution in [3.63, 3.8) is 0 Å². The Kier molecular flexibility index (Phi) is 5.63. The van der Waals surface area contributed by atoms with Crippen LogP contribution in [0.15, 0.2) is 48.5 Å². The summed E-state index contributed by atoms with van der Waals surface area (Å²) in [7, 11) is 0. The summed E-state index contributed by atoms with van der Waals surface area (Å²) in [6.07, 6.45) is 0.508. The lowest BCUT2D eigenvalue weighted by Crippen LogP contribution is -2.13. The van der Waals surface area contributed by atoms with Crippen LogP contribution in [0.4, 0.5) is 0 Å². The van der Waals surface area contributed by atoms with Gasteiger partial charge in [-0.3, -0.25) is 0 Å². The second kappa shape index (κ2) is 6.74. The van der Waals surface area contributed by atoms with Crippen LogP contribution in [0.3, 0.4) is 0 Å². The van der Waals surface area contributed by atoms with E-state index in [1.165, 1.54) is 0 Å². The van der Waals surface area contributed by atoms with Crippen LogP contribution in [0.1, 0.15) is 22.3 Å². The van der Waals surface area contributed by atoms with Crippen molar-refractivity contribution in [2.24, 2.45) is 0 Å². The maximum Gasteiger partial charge on any atom is 0.216 e. The molecular weight excluding hydrogens is 393 g/mol. The van der Waals surface area contributed by atoms with Gasteiger partial charge in [0.25, 0.3) is 0 Å². The van der Waals surface area contributed by atoms with Gasteiger partial charge in [0.15, 0.2) is 0 Å². The van der Waals surface area contributed by atoms with Crippen molar-refractivity contribution in [1.82, 2.24) is 0 Å². The Morgan fingerprint density at radius 2 is 1.10 bits per heavy atom. The van der Waals surface area contributed by atoms with Gasteiger partial charge in [0.1, 0.15) is 0 Å². The summed E-state index contributed by atoms with van der Waals surface area (Å²) in [5.74, 6) is 0. The first-order valence-corrected chi connectivity index (χ1v) is 8.26. The van der Waals surface area contributed by atoms with Crippen molar-refractivity contribution >= 4 is 69.6 Å². The zero-order valence-corrected chi connectivity index (χ0v) is 15.1. The molecule has 0 aliphatic carbocycles. The van der Waals surface area contributed by atoms with Crippen LogP contribution < -0.4 is 0 Å². The van der Waals surface area contributed by atoms with Gasteiger partial charge in [-0.15, -0.1) is 0 Å². The van der Waals surface area contributed by atoms with Crippen molar-refractivity contribution in [3.05, 3.63) is 70.8 Å². The molecule has 0 unspecified atom stereocenters. The average Bonchev–Trinajstić information content (AvgIpc) is 2.37. The minimum atomic E-state index is -1.59. The van der Waals surface area contributed by atoms with Gasteiger partial charge in [0.2, 0.25) is 7.59 Å². The summed E-state index contributed by atoms with van der Waals surface area (Å²) in [5, 5.41) is 0. The van der Waals surface area contributed by atoms with Crippen LogP contribution in [0, 0.1) is 0 Å². The number of halogens is 6. The lowest BCUT2D eigenvalue weighted by Gasteiger charge is -2.23. The number of alkyl halides is 6. The standard InChI is InChI=1S/C15H10Cl6/c16-14(17,18)12-7-4-8-13(15(19,20)21)11(12)9-10-5-2-1-3-6-10/h1-8H,9H2. The molecule has 0 aliphatic heterocycles. The molecule has 0 aliphatic rings. The van der Waals surface area contributed by atoms with Gasteiger partial charge >= 0.3 is 0 Å². The summed E-state index contributed by atoms with van der Waals surface area (Å²) in [6.45, 7) is 0.